The number of hydrogen-bond donors (Lipinski definition) is 3. The van der Waals surface area contributed by atoms with Crippen LogP contribution in [-0.4, -0.2) is 35.6 Å². The molecule has 0 radical (unpaired) electrons. The summed E-state index contributed by atoms with van der Waals surface area (Å²) in [6.45, 7) is 0.848. The van der Waals surface area contributed by atoms with Crippen LogP contribution in [0.2, 0.25) is 0 Å². The number of carbonyl (C=O) groups is 3. The lowest BCUT2D eigenvalue weighted by Crippen LogP contribution is -2.44. The zero-order valence-electron chi connectivity index (χ0n) is 10.3. The SMILES string of the molecule is CC(OCC(=O)NNC(=O)c1ccccc1)C(=O)O. The first kappa shape index (κ1) is 14.7. The number of nitrogens with one attached hydrogen (secondary N) is 2. The van der Waals surface area contributed by atoms with E-state index in [-0.39, 0.29) is 0 Å². The predicted molar refractivity (Wildman–Crippen MR) is 65.1 cm³/mol. The lowest BCUT2D eigenvalue weighted by molar-refractivity contribution is -0.150. The van der Waals surface area contributed by atoms with E-state index in [4.69, 9.17) is 9.84 Å². The number of carboxylic acid groups (broad SMARTS) is 1. The first-order valence-electron chi connectivity index (χ1n) is 5.49. The average molecular weight is 266 g/mol. The lowest BCUT2D eigenvalue weighted by Gasteiger charge is -2.09. The molecule has 1 unspecified atom stereocenters. The Morgan fingerprint density at radius 1 is 1.21 bits per heavy atom. The number of hydrogen-bond acceptors (Lipinski definition) is 4. The quantitative estimate of drug-likeness (QED) is 0.647. The first-order chi connectivity index (χ1) is 9.00. The van der Waals surface area contributed by atoms with Crippen molar-refractivity contribution in [1.82, 2.24) is 10.9 Å². The van der Waals surface area contributed by atoms with Crippen LogP contribution in [0.5, 0.6) is 0 Å². The molecule has 0 bridgehead atoms. The molecule has 1 atom stereocenters. The van der Waals surface area contributed by atoms with E-state index in [1.165, 1.54) is 6.92 Å². The van der Waals surface area contributed by atoms with Gasteiger partial charge in [-0.3, -0.25) is 20.4 Å². The summed E-state index contributed by atoms with van der Waals surface area (Å²) in [6.07, 6.45) is -1.09. The van der Waals surface area contributed by atoms with Gasteiger partial charge < -0.3 is 9.84 Å². The molecule has 0 aliphatic carbocycles. The third-order valence-electron chi connectivity index (χ3n) is 2.16. The normalized spacial score (nSPS) is 11.4. The number of carbonyl (C=O) groups excluding carboxylic acids is 2. The number of aliphatic carboxylic acids is 1. The second-order valence-electron chi connectivity index (χ2n) is 3.66. The van der Waals surface area contributed by atoms with Crippen molar-refractivity contribution in [3.63, 3.8) is 0 Å². The molecule has 0 aliphatic heterocycles. The molecule has 7 heteroatoms. The summed E-state index contributed by atoms with van der Waals surface area (Å²) in [5, 5.41) is 8.54. The summed E-state index contributed by atoms with van der Waals surface area (Å²) in [7, 11) is 0. The van der Waals surface area contributed by atoms with Crippen LogP contribution in [0, 0.1) is 0 Å². The monoisotopic (exact) mass is 266 g/mol. The molecule has 1 rings (SSSR count). The molecule has 0 saturated carbocycles. The summed E-state index contributed by atoms with van der Waals surface area (Å²) in [4.78, 5) is 33.2. The van der Waals surface area contributed by atoms with E-state index in [0.717, 1.165) is 0 Å². The van der Waals surface area contributed by atoms with E-state index in [9.17, 15) is 14.4 Å². The van der Waals surface area contributed by atoms with Gasteiger partial charge >= 0.3 is 5.97 Å². The Morgan fingerprint density at radius 2 is 1.84 bits per heavy atom. The highest BCUT2D eigenvalue weighted by Crippen LogP contribution is 1.96. The second kappa shape index (κ2) is 7.12. The van der Waals surface area contributed by atoms with Crippen molar-refractivity contribution in [3.05, 3.63) is 35.9 Å². The first-order valence-corrected chi connectivity index (χ1v) is 5.49. The largest absolute Gasteiger partial charge is 0.479 e. The van der Waals surface area contributed by atoms with Gasteiger partial charge in [0.25, 0.3) is 11.8 Å². The summed E-state index contributed by atoms with van der Waals surface area (Å²) in [6, 6.07) is 8.31. The van der Waals surface area contributed by atoms with Crippen LogP contribution < -0.4 is 10.9 Å². The zero-order chi connectivity index (χ0) is 14.3. The Balaban J connectivity index is 2.31. The average Bonchev–Trinajstić information content (AvgIpc) is 2.42. The van der Waals surface area contributed by atoms with Gasteiger partial charge in [-0.15, -0.1) is 0 Å². The van der Waals surface area contributed by atoms with Crippen LogP contribution in [0.1, 0.15) is 17.3 Å². The number of rotatable bonds is 5. The van der Waals surface area contributed by atoms with Crippen LogP contribution in [0.25, 0.3) is 0 Å². The van der Waals surface area contributed by atoms with Crippen LogP contribution in [-0.2, 0) is 14.3 Å². The Labute approximate surface area is 109 Å². The molecule has 0 fully saturated rings. The molecule has 19 heavy (non-hydrogen) atoms. The van der Waals surface area contributed by atoms with E-state index in [1.54, 1.807) is 30.3 Å². The number of benzene rings is 1. The maximum atomic E-state index is 11.5. The molecule has 0 aromatic heterocycles. The highest BCUT2D eigenvalue weighted by molar-refractivity contribution is 5.95. The van der Waals surface area contributed by atoms with Crippen molar-refractivity contribution < 1.29 is 24.2 Å². The van der Waals surface area contributed by atoms with Crippen molar-refractivity contribution in [2.75, 3.05) is 6.61 Å². The van der Waals surface area contributed by atoms with Crippen LogP contribution >= 0.6 is 0 Å². The molecule has 0 saturated heterocycles. The van der Waals surface area contributed by atoms with Gasteiger partial charge in [0, 0.05) is 5.56 Å². The molecule has 0 heterocycles. The fraction of sp³-hybridized carbons (Fsp3) is 0.250. The smallest absolute Gasteiger partial charge is 0.332 e. The maximum absolute atomic E-state index is 11.5. The summed E-state index contributed by atoms with van der Waals surface area (Å²) in [5.41, 5.74) is 4.70. The van der Waals surface area contributed by atoms with E-state index in [2.05, 4.69) is 10.9 Å². The number of hydrazine groups is 1. The minimum Gasteiger partial charge on any atom is -0.479 e. The van der Waals surface area contributed by atoms with Crippen molar-refractivity contribution in [1.29, 1.82) is 0 Å². The zero-order valence-corrected chi connectivity index (χ0v) is 10.3. The predicted octanol–water partition coefficient (Wildman–Crippen LogP) is -0.0627. The van der Waals surface area contributed by atoms with Gasteiger partial charge in [-0.25, -0.2) is 4.79 Å². The van der Waals surface area contributed by atoms with Gasteiger partial charge in [-0.05, 0) is 19.1 Å². The molecular formula is C12H14N2O5. The van der Waals surface area contributed by atoms with E-state index >= 15 is 0 Å². The molecule has 2 amide bonds. The standard InChI is InChI=1S/C12H14N2O5/c1-8(12(17)18)19-7-10(15)13-14-11(16)9-5-3-2-4-6-9/h2-6,8H,7H2,1H3,(H,13,15)(H,14,16)(H,17,18). The van der Waals surface area contributed by atoms with Crippen molar-refractivity contribution in [2.24, 2.45) is 0 Å². The summed E-state index contributed by atoms with van der Waals surface area (Å²) >= 11 is 0. The summed E-state index contributed by atoms with van der Waals surface area (Å²) in [5.74, 6) is -2.28. The fourth-order valence-corrected chi connectivity index (χ4v) is 1.10. The second-order valence-corrected chi connectivity index (χ2v) is 3.66. The molecule has 7 nitrogen and oxygen atoms in total. The Morgan fingerprint density at radius 3 is 2.42 bits per heavy atom. The molecular weight excluding hydrogens is 252 g/mol. The Kier molecular flexibility index (Phi) is 5.49. The number of carboxylic acids is 1. The minimum absolute atomic E-state index is 0.391. The van der Waals surface area contributed by atoms with Gasteiger partial charge in [-0.2, -0.15) is 0 Å². The third kappa shape index (κ3) is 5.17. The van der Waals surface area contributed by atoms with Gasteiger partial charge in [0.2, 0.25) is 0 Å². The van der Waals surface area contributed by atoms with E-state index < -0.39 is 30.5 Å². The van der Waals surface area contributed by atoms with Gasteiger partial charge in [0.15, 0.2) is 6.10 Å². The molecule has 3 N–H and O–H groups in total. The Bertz CT molecular complexity index is 460. The Hall–Kier alpha value is -2.41. The topological polar surface area (TPSA) is 105 Å². The molecule has 1 aromatic carbocycles. The minimum atomic E-state index is -1.17. The summed E-state index contributed by atoms with van der Waals surface area (Å²) < 4.78 is 4.74. The van der Waals surface area contributed by atoms with Crippen LogP contribution in [0.3, 0.4) is 0 Å². The number of amides is 2. The highest BCUT2D eigenvalue weighted by atomic mass is 16.5. The van der Waals surface area contributed by atoms with Crippen molar-refractivity contribution in [3.8, 4) is 0 Å². The van der Waals surface area contributed by atoms with Crippen LogP contribution in [0.15, 0.2) is 30.3 Å². The fourth-order valence-electron chi connectivity index (χ4n) is 1.10. The van der Waals surface area contributed by atoms with Crippen molar-refractivity contribution in [2.45, 2.75) is 13.0 Å². The van der Waals surface area contributed by atoms with E-state index in [0.29, 0.717) is 5.56 Å². The molecule has 0 spiro atoms. The van der Waals surface area contributed by atoms with E-state index in [1.807, 2.05) is 0 Å². The maximum Gasteiger partial charge on any atom is 0.332 e. The molecule has 1 aromatic rings. The van der Waals surface area contributed by atoms with Gasteiger partial charge in [0.05, 0.1) is 0 Å². The lowest BCUT2D eigenvalue weighted by atomic mass is 10.2. The highest BCUT2D eigenvalue weighted by Gasteiger charge is 2.13. The van der Waals surface area contributed by atoms with Crippen molar-refractivity contribution >= 4 is 17.8 Å². The molecule has 102 valence electrons. The third-order valence-corrected chi connectivity index (χ3v) is 2.16. The number of ether oxygens (including phenoxy) is 1. The van der Waals surface area contributed by atoms with Gasteiger partial charge in [-0.1, -0.05) is 18.2 Å². The molecule has 0 aliphatic rings. The van der Waals surface area contributed by atoms with Crippen LogP contribution in [0.4, 0.5) is 0 Å². The van der Waals surface area contributed by atoms with Gasteiger partial charge in [0.1, 0.15) is 6.61 Å².